The van der Waals surface area contributed by atoms with Gasteiger partial charge in [0.05, 0.1) is 7.44 Å². The molecular weight excluding hydrogens is 467 g/mol. The zero-order valence-corrected chi connectivity index (χ0v) is 17.5. The van der Waals surface area contributed by atoms with Crippen LogP contribution in [-0.4, -0.2) is 65.8 Å². The van der Waals surface area contributed by atoms with E-state index < -0.39 is 137 Å². The molecule has 2 saturated heterocycles. The van der Waals surface area contributed by atoms with E-state index in [4.69, 9.17) is 26.0 Å². The van der Waals surface area contributed by atoms with Crippen LogP contribution in [0.4, 0.5) is 13.2 Å². The molecule has 2 aliphatic heterocycles. The van der Waals surface area contributed by atoms with Crippen molar-refractivity contribution < 1.29 is 59.8 Å². The molecule has 4 amide bonds. The number of piperidine rings is 1. The number of amides is 4. The van der Waals surface area contributed by atoms with E-state index in [9.17, 15) is 39.0 Å². The first-order valence-electron chi connectivity index (χ1n) is 19.8. The van der Waals surface area contributed by atoms with Crippen LogP contribution in [0.1, 0.15) is 74.5 Å². The molecule has 0 unspecified atom stereocenters. The number of nitriles is 1. The van der Waals surface area contributed by atoms with Gasteiger partial charge in [-0.15, -0.1) is 0 Å². The van der Waals surface area contributed by atoms with Gasteiger partial charge in [-0.05, 0) is 35.5 Å². The second kappa shape index (κ2) is 8.99. The standard InChI is InChI=1S/C23H32F3N5O4/c1-21(2,3)16(30-20(35)23(24,25)26)19(34)31-10-13-14(22(13,4)5)15(31)18(33)29-12(9-27)8-11-6-7-28-17(11)32/h11-16H,6-8,10H2,1-5H3,(H,28,32)(H,29,33)(H,30,35)/t11-,12-,13-,14-,15-,16+/m0/s1/i1D3,2D3,3D3,4D3,5D3,6D2,7D2,15D. The summed E-state index contributed by atoms with van der Waals surface area (Å²) < 4.78 is 201. The first-order valence-corrected chi connectivity index (χ1v) is 9.82. The van der Waals surface area contributed by atoms with E-state index in [0.29, 0.717) is 0 Å². The first-order chi connectivity index (χ1) is 24.1. The summed E-state index contributed by atoms with van der Waals surface area (Å²) in [6.45, 7) is -25.5. The van der Waals surface area contributed by atoms with Crippen LogP contribution in [0.25, 0.3) is 0 Å². The monoisotopic (exact) mass is 519 g/mol. The highest BCUT2D eigenvalue weighted by Crippen LogP contribution is 2.65. The Balaban J connectivity index is 2.34. The number of carbonyl (C=O) groups is 4. The minimum atomic E-state index is -6.09. The fourth-order valence-corrected chi connectivity index (χ4v) is 3.89. The normalized spacial score (nSPS) is 44.1. The molecule has 1 saturated carbocycles. The van der Waals surface area contributed by atoms with Gasteiger partial charge in [-0.1, -0.05) is 34.3 Å². The molecule has 35 heavy (non-hydrogen) atoms. The molecule has 3 aliphatic rings. The van der Waals surface area contributed by atoms with E-state index in [1.54, 1.807) is 10.6 Å². The topological polar surface area (TPSA) is 131 Å². The summed E-state index contributed by atoms with van der Waals surface area (Å²) in [5.41, 5.74) is -7.83. The largest absolute Gasteiger partial charge is 0.471 e. The van der Waals surface area contributed by atoms with Crippen molar-refractivity contribution in [3.8, 4) is 6.07 Å². The van der Waals surface area contributed by atoms with Crippen LogP contribution in [0, 0.1) is 39.9 Å². The molecule has 0 aromatic heterocycles. The van der Waals surface area contributed by atoms with E-state index in [-0.39, 0.29) is 4.90 Å². The van der Waals surface area contributed by atoms with Crippen molar-refractivity contribution in [3.63, 3.8) is 0 Å². The van der Waals surface area contributed by atoms with E-state index in [0.717, 1.165) is 5.32 Å². The number of fused-ring (bicyclic) bond motifs is 1. The highest BCUT2D eigenvalue weighted by atomic mass is 19.4. The van der Waals surface area contributed by atoms with Crippen LogP contribution in [0.2, 0.25) is 0 Å². The van der Waals surface area contributed by atoms with Crippen molar-refractivity contribution >= 4 is 23.6 Å². The van der Waals surface area contributed by atoms with Crippen LogP contribution in [0.5, 0.6) is 0 Å². The molecule has 6 atom stereocenters. The van der Waals surface area contributed by atoms with Crippen molar-refractivity contribution in [2.45, 2.75) is 71.3 Å². The Bertz CT molecular complexity index is 1600. The average Bonchev–Trinajstić information content (AvgIpc) is 3.51. The number of carbonyl (C=O) groups excluding carboxylic acids is 4. The van der Waals surface area contributed by atoms with Gasteiger partial charge in [-0.3, -0.25) is 19.2 Å². The number of rotatable bonds is 6. The highest BCUT2D eigenvalue weighted by molar-refractivity contribution is 5.95. The Hall–Kier alpha value is -2.84. The number of alkyl halides is 3. The lowest BCUT2D eigenvalue weighted by molar-refractivity contribution is -0.176. The Labute approximate surface area is 230 Å². The number of nitrogens with one attached hydrogen (secondary N) is 3. The van der Waals surface area contributed by atoms with Crippen LogP contribution in [-0.2, 0) is 19.2 Å². The quantitative estimate of drug-likeness (QED) is 0.484. The van der Waals surface area contributed by atoms with Crippen molar-refractivity contribution in [1.29, 1.82) is 5.26 Å². The fraction of sp³-hybridized carbons (Fsp3) is 0.783. The van der Waals surface area contributed by atoms with Gasteiger partial charge in [0, 0.05) is 45.0 Å². The molecule has 0 aromatic rings. The van der Waals surface area contributed by atoms with Crippen LogP contribution < -0.4 is 16.0 Å². The molecule has 0 radical (unpaired) electrons. The molecule has 1 aliphatic carbocycles. The molecule has 9 nitrogen and oxygen atoms in total. The van der Waals surface area contributed by atoms with Gasteiger partial charge >= 0.3 is 12.1 Å². The SMILES string of the molecule is [2H]C([2H])([2H])C1(C([2H])([2H])[2H])[C@H]2[C@@H]1CN(C(=O)[C@@H](NC(=O)C(F)(F)F)C(C([2H])([2H])[2H])(C([2H])([2H])[2H])C([2H])([2H])[2H])[C@]2([2H])C(=O)N[C@H](C#N)C[C@H]1C(=O)NC([2H])([2H])C1([2H])[2H]. The summed E-state index contributed by atoms with van der Waals surface area (Å²) in [7, 11) is 0. The highest BCUT2D eigenvalue weighted by Gasteiger charge is 2.70. The maximum absolute atomic E-state index is 14.4. The van der Waals surface area contributed by atoms with Crippen LogP contribution in [0.3, 0.4) is 0 Å². The predicted molar refractivity (Wildman–Crippen MR) is 117 cm³/mol. The summed E-state index contributed by atoms with van der Waals surface area (Å²) in [5, 5.41) is 14.0. The van der Waals surface area contributed by atoms with Gasteiger partial charge in [0.15, 0.2) is 0 Å². The Kier molecular flexibility index (Phi) is 2.73. The molecule has 3 rings (SSSR count). The number of likely N-dealkylation sites (tertiary alicyclic amines) is 1. The molecule has 2 heterocycles. The summed E-state index contributed by atoms with van der Waals surface area (Å²) >= 11 is 0. The van der Waals surface area contributed by atoms with Crippen LogP contribution in [0.15, 0.2) is 0 Å². The first kappa shape index (κ1) is 10.6. The third-order valence-electron chi connectivity index (χ3n) is 5.73. The summed E-state index contributed by atoms with van der Waals surface area (Å²) in [4.78, 5) is 53.0. The lowest BCUT2D eigenvalue weighted by Gasteiger charge is -2.37. The van der Waals surface area contributed by atoms with E-state index in [1.807, 2.05) is 0 Å². The number of hydrogen-bond donors (Lipinski definition) is 3. The molecule has 0 bridgehead atoms. The zero-order valence-electron chi connectivity index (χ0n) is 37.5. The summed E-state index contributed by atoms with van der Waals surface area (Å²) in [6.07, 6.45) is -10.3. The van der Waals surface area contributed by atoms with Gasteiger partial charge in [-0.2, -0.15) is 18.4 Å². The lowest BCUT2D eigenvalue weighted by Crippen LogP contribution is -2.61. The Morgan fingerprint density at radius 3 is 2.54 bits per heavy atom. The summed E-state index contributed by atoms with van der Waals surface area (Å²) in [5.74, 6) is -15.8. The predicted octanol–water partition coefficient (Wildman–Crippen LogP) is 1.10. The molecule has 0 aromatic carbocycles. The Morgan fingerprint density at radius 1 is 1.34 bits per heavy atom. The second-order valence-electron chi connectivity index (χ2n) is 8.20. The molecular formula is C23H32F3N5O4. The van der Waals surface area contributed by atoms with Crippen LogP contribution >= 0.6 is 0 Å². The third-order valence-corrected chi connectivity index (χ3v) is 5.73. The smallest absolute Gasteiger partial charge is 0.356 e. The van der Waals surface area contributed by atoms with E-state index in [2.05, 4.69) is 0 Å². The second-order valence-corrected chi connectivity index (χ2v) is 8.20. The van der Waals surface area contributed by atoms with Crippen molar-refractivity contribution in [3.05, 3.63) is 0 Å². The van der Waals surface area contributed by atoms with Crippen molar-refractivity contribution in [2.24, 2.45) is 28.6 Å². The fourth-order valence-electron chi connectivity index (χ4n) is 3.89. The maximum Gasteiger partial charge on any atom is 0.471 e. The van der Waals surface area contributed by atoms with Gasteiger partial charge in [0.1, 0.15) is 18.1 Å². The van der Waals surface area contributed by atoms with E-state index >= 15 is 0 Å². The minimum absolute atomic E-state index is 0.304. The number of hydrogen-bond acceptors (Lipinski definition) is 5. The lowest BCUT2D eigenvalue weighted by atomic mass is 9.85. The van der Waals surface area contributed by atoms with Crippen molar-refractivity contribution in [1.82, 2.24) is 20.9 Å². The van der Waals surface area contributed by atoms with Gasteiger partial charge < -0.3 is 20.9 Å². The van der Waals surface area contributed by atoms with Gasteiger partial charge in [0.2, 0.25) is 17.7 Å². The zero-order chi connectivity index (χ0) is 43.5. The molecule has 3 N–H and O–H groups in total. The number of nitrogens with zero attached hydrogens (tertiary/aromatic N) is 2. The van der Waals surface area contributed by atoms with E-state index in [1.165, 1.54) is 6.07 Å². The van der Waals surface area contributed by atoms with Gasteiger partial charge in [-0.25, -0.2) is 0 Å². The molecule has 194 valence electrons. The van der Waals surface area contributed by atoms with Crippen molar-refractivity contribution in [2.75, 3.05) is 13.0 Å². The Morgan fingerprint density at radius 2 is 2.03 bits per heavy atom. The van der Waals surface area contributed by atoms with Gasteiger partial charge in [0.25, 0.3) is 0 Å². The minimum Gasteiger partial charge on any atom is -0.356 e. The maximum atomic E-state index is 14.4. The average molecular weight is 520 g/mol. The molecule has 12 heteroatoms. The third kappa shape index (κ3) is 5.23. The molecule has 0 spiro atoms. The summed E-state index contributed by atoms with van der Waals surface area (Å²) in [6, 6.07) is -8.54. The number of halogens is 3. The molecule has 3 fully saturated rings.